The molecule has 1 aliphatic heterocycles. The molecule has 4 rings (SSSR count). The minimum atomic E-state index is -5.48. The number of alkyl halides is 3. The number of rotatable bonds is 5. The fourth-order valence-electron chi connectivity index (χ4n) is 3.83. The van der Waals surface area contributed by atoms with Gasteiger partial charge < -0.3 is 9.32 Å². The number of carbonyl (C=O) groups excluding carboxylic acids is 1. The summed E-state index contributed by atoms with van der Waals surface area (Å²) < 4.78 is 67.8. The van der Waals surface area contributed by atoms with Crippen molar-refractivity contribution in [2.24, 2.45) is 0 Å². The summed E-state index contributed by atoms with van der Waals surface area (Å²) in [5, 5.41) is 0.575. The van der Waals surface area contributed by atoms with E-state index in [2.05, 4.69) is 4.98 Å². The molecule has 32 heavy (non-hydrogen) atoms. The van der Waals surface area contributed by atoms with E-state index in [1.54, 1.807) is 22.9 Å². The zero-order valence-electron chi connectivity index (χ0n) is 17.0. The van der Waals surface area contributed by atoms with E-state index in [0.29, 0.717) is 41.6 Å². The van der Waals surface area contributed by atoms with E-state index < -0.39 is 28.1 Å². The van der Waals surface area contributed by atoms with Gasteiger partial charge in [0.15, 0.2) is 0 Å². The maximum atomic E-state index is 13.3. The lowest BCUT2D eigenvalue weighted by Gasteiger charge is -2.25. The highest BCUT2D eigenvalue weighted by Gasteiger charge is 2.46. The molecule has 1 saturated heterocycles. The number of likely N-dealkylation sites (tertiary alicyclic amines) is 1. The molecule has 0 spiro atoms. The highest BCUT2D eigenvalue weighted by molar-refractivity contribution is 7.90. The number of nitrogens with one attached hydrogen (secondary N) is 1. The fourth-order valence-corrected chi connectivity index (χ4v) is 4.41. The van der Waals surface area contributed by atoms with Crippen LogP contribution >= 0.6 is 0 Å². The Morgan fingerprint density at radius 2 is 2.03 bits per heavy atom. The van der Waals surface area contributed by atoms with Crippen LogP contribution in [-0.2, 0) is 10.0 Å². The molecule has 0 bridgehead atoms. The number of sulfonamides is 1. The molecule has 1 atom stereocenters. The lowest BCUT2D eigenvalue weighted by Crippen LogP contribution is -2.46. The Balaban J connectivity index is 1.62. The predicted molar refractivity (Wildman–Crippen MR) is 111 cm³/mol. The van der Waals surface area contributed by atoms with Crippen molar-refractivity contribution < 1.29 is 30.8 Å². The third kappa shape index (κ3) is 4.22. The van der Waals surface area contributed by atoms with Gasteiger partial charge in [0.25, 0.3) is 5.91 Å². The van der Waals surface area contributed by atoms with Crippen molar-refractivity contribution in [1.29, 1.82) is 0 Å². The lowest BCUT2D eigenvalue weighted by molar-refractivity contribution is -0.0448. The average Bonchev–Trinajstić information content (AvgIpc) is 3.39. The van der Waals surface area contributed by atoms with Crippen molar-refractivity contribution >= 4 is 26.8 Å². The first-order chi connectivity index (χ1) is 15.1. The molecule has 2 aromatic heterocycles. The zero-order valence-corrected chi connectivity index (χ0v) is 17.8. The summed E-state index contributed by atoms with van der Waals surface area (Å²) in [7, 11) is -5.48. The monoisotopic (exact) mass is 467 g/mol. The van der Waals surface area contributed by atoms with E-state index in [9.17, 15) is 26.4 Å². The number of furan rings is 1. The van der Waals surface area contributed by atoms with Gasteiger partial charge in [-0.3, -0.25) is 9.78 Å². The minimum absolute atomic E-state index is 0.318. The highest BCUT2D eigenvalue weighted by atomic mass is 32.2. The van der Waals surface area contributed by atoms with Crippen molar-refractivity contribution in [3.8, 4) is 11.3 Å². The van der Waals surface area contributed by atoms with Crippen LogP contribution in [-0.4, -0.2) is 48.8 Å². The Hall–Kier alpha value is -2.92. The second-order valence-corrected chi connectivity index (χ2v) is 9.35. The summed E-state index contributed by atoms with van der Waals surface area (Å²) in [4.78, 5) is 19.0. The SMILES string of the molecule is Cc1ccc(-c2ccc3nccc(C(=O)N4CCC[C@H]4CNS(=O)(=O)C(F)(F)F)c3c2)o1. The van der Waals surface area contributed by atoms with Crippen molar-refractivity contribution in [2.75, 3.05) is 13.1 Å². The van der Waals surface area contributed by atoms with E-state index >= 15 is 0 Å². The Kier molecular flexibility index (Phi) is 5.72. The van der Waals surface area contributed by atoms with Gasteiger partial charge in [-0.1, -0.05) is 0 Å². The lowest BCUT2D eigenvalue weighted by atomic mass is 10.0. The Bertz CT molecular complexity index is 1270. The van der Waals surface area contributed by atoms with Crippen molar-refractivity contribution in [2.45, 2.75) is 31.3 Å². The van der Waals surface area contributed by atoms with Gasteiger partial charge in [0.1, 0.15) is 11.5 Å². The number of halogens is 3. The molecule has 0 aliphatic carbocycles. The molecule has 1 aromatic carbocycles. The van der Waals surface area contributed by atoms with Gasteiger partial charge in [0.05, 0.1) is 11.1 Å². The van der Waals surface area contributed by atoms with E-state index in [-0.39, 0.29) is 5.91 Å². The number of nitrogens with zero attached hydrogens (tertiary/aromatic N) is 2. The first kappa shape index (κ1) is 22.3. The molecule has 0 saturated carbocycles. The van der Waals surface area contributed by atoms with E-state index in [4.69, 9.17) is 4.42 Å². The number of hydrogen-bond acceptors (Lipinski definition) is 5. The smallest absolute Gasteiger partial charge is 0.461 e. The molecule has 1 amide bonds. The minimum Gasteiger partial charge on any atom is -0.461 e. The van der Waals surface area contributed by atoms with Crippen LogP contribution in [0.4, 0.5) is 13.2 Å². The number of aryl methyl sites for hydroxylation is 1. The van der Waals surface area contributed by atoms with Crippen LogP contribution in [0.25, 0.3) is 22.2 Å². The molecular weight excluding hydrogens is 447 g/mol. The molecule has 3 aromatic rings. The summed E-state index contributed by atoms with van der Waals surface area (Å²) in [5.74, 6) is 0.981. The second-order valence-electron chi connectivity index (χ2n) is 7.59. The van der Waals surface area contributed by atoms with Gasteiger partial charge in [0.2, 0.25) is 0 Å². The topological polar surface area (TPSA) is 92.5 Å². The van der Waals surface area contributed by atoms with Gasteiger partial charge in [-0.15, -0.1) is 0 Å². The van der Waals surface area contributed by atoms with Gasteiger partial charge in [0, 0.05) is 36.3 Å². The van der Waals surface area contributed by atoms with Crippen LogP contribution in [0.1, 0.15) is 29.0 Å². The molecule has 1 fully saturated rings. The molecule has 3 heterocycles. The zero-order chi connectivity index (χ0) is 23.1. The fraction of sp³-hybridized carbons (Fsp3) is 0.333. The van der Waals surface area contributed by atoms with Crippen LogP contribution < -0.4 is 4.72 Å². The number of carbonyl (C=O) groups is 1. The molecule has 170 valence electrons. The number of benzene rings is 1. The van der Waals surface area contributed by atoms with Crippen LogP contribution in [0.15, 0.2) is 47.0 Å². The van der Waals surface area contributed by atoms with Crippen molar-refractivity contribution in [3.05, 3.63) is 53.9 Å². The van der Waals surface area contributed by atoms with Crippen LogP contribution in [0.5, 0.6) is 0 Å². The van der Waals surface area contributed by atoms with Gasteiger partial charge in [-0.25, -0.2) is 13.1 Å². The first-order valence-electron chi connectivity index (χ1n) is 9.89. The number of pyridine rings is 1. The quantitative estimate of drug-likeness (QED) is 0.616. The van der Waals surface area contributed by atoms with E-state index in [1.807, 2.05) is 25.1 Å². The number of aromatic nitrogens is 1. The molecule has 0 unspecified atom stereocenters. The Morgan fingerprint density at radius 1 is 1.25 bits per heavy atom. The van der Waals surface area contributed by atoms with Crippen LogP contribution in [0.3, 0.4) is 0 Å². The standard InChI is InChI=1S/C21H20F3N3O4S/c1-13-4-7-19(31-13)14-5-6-18-17(11-14)16(8-9-25-18)20(28)27-10-2-3-15(27)12-26-32(29,30)21(22,23)24/h4-9,11,15,26H,2-3,10,12H2,1H3/t15-/m0/s1. The number of fused-ring (bicyclic) bond motifs is 1. The van der Waals surface area contributed by atoms with Crippen LogP contribution in [0, 0.1) is 6.92 Å². The van der Waals surface area contributed by atoms with Gasteiger partial charge in [-0.05, 0) is 56.2 Å². The Morgan fingerprint density at radius 3 is 2.72 bits per heavy atom. The third-order valence-electron chi connectivity index (χ3n) is 5.45. The maximum absolute atomic E-state index is 13.3. The normalized spacial score (nSPS) is 17.2. The number of amides is 1. The molecule has 7 nitrogen and oxygen atoms in total. The molecule has 1 N–H and O–H groups in total. The predicted octanol–water partition coefficient (Wildman–Crippen LogP) is 3.85. The van der Waals surface area contributed by atoms with Gasteiger partial charge >= 0.3 is 15.5 Å². The van der Waals surface area contributed by atoms with Crippen LogP contribution in [0.2, 0.25) is 0 Å². The average molecular weight is 467 g/mol. The Labute approximate surface area is 182 Å². The maximum Gasteiger partial charge on any atom is 0.511 e. The molecule has 1 aliphatic rings. The summed E-state index contributed by atoms with van der Waals surface area (Å²) in [5.41, 5.74) is -3.73. The molecule has 0 radical (unpaired) electrons. The molecular formula is C21H20F3N3O4S. The second kappa shape index (κ2) is 8.21. The van der Waals surface area contributed by atoms with Crippen molar-refractivity contribution in [1.82, 2.24) is 14.6 Å². The highest BCUT2D eigenvalue weighted by Crippen LogP contribution is 2.29. The first-order valence-corrected chi connectivity index (χ1v) is 11.4. The van der Waals surface area contributed by atoms with Gasteiger partial charge in [-0.2, -0.15) is 13.2 Å². The van der Waals surface area contributed by atoms with E-state index in [1.165, 1.54) is 11.1 Å². The third-order valence-corrected chi connectivity index (χ3v) is 6.60. The molecule has 11 heteroatoms. The number of hydrogen-bond donors (Lipinski definition) is 1. The van der Waals surface area contributed by atoms with Crippen molar-refractivity contribution in [3.63, 3.8) is 0 Å². The summed E-state index contributed by atoms with van der Waals surface area (Å²) in [6, 6.07) is 9.88. The summed E-state index contributed by atoms with van der Waals surface area (Å²) >= 11 is 0. The van der Waals surface area contributed by atoms with E-state index in [0.717, 1.165) is 11.3 Å². The summed E-state index contributed by atoms with van der Waals surface area (Å²) in [6.07, 6.45) is 2.44. The summed E-state index contributed by atoms with van der Waals surface area (Å²) in [6.45, 7) is 1.63. The largest absolute Gasteiger partial charge is 0.511 e.